The van der Waals surface area contributed by atoms with Crippen LogP contribution in [0.3, 0.4) is 0 Å². The third-order valence-corrected chi connectivity index (χ3v) is 7.65. The molecule has 1 fully saturated rings. The Bertz CT molecular complexity index is 1250. The van der Waals surface area contributed by atoms with Crippen molar-refractivity contribution in [2.24, 2.45) is 0 Å². The number of nitrogens with zero attached hydrogens (tertiary/aromatic N) is 1. The second-order valence-corrected chi connectivity index (χ2v) is 10.0. The predicted molar refractivity (Wildman–Crippen MR) is 151 cm³/mol. The van der Waals surface area contributed by atoms with E-state index in [4.69, 9.17) is 9.47 Å². The summed E-state index contributed by atoms with van der Waals surface area (Å²) in [5, 5.41) is 0. The van der Waals surface area contributed by atoms with Crippen LogP contribution in [0, 0.1) is 0 Å². The first-order valence-corrected chi connectivity index (χ1v) is 13.4. The van der Waals surface area contributed by atoms with Crippen molar-refractivity contribution in [3.63, 3.8) is 0 Å². The molecule has 0 aromatic heterocycles. The lowest BCUT2D eigenvalue weighted by atomic mass is 9.72. The maximum absolute atomic E-state index is 13.7. The first-order chi connectivity index (χ1) is 18.7. The van der Waals surface area contributed by atoms with Crippen LogP contribution in [0.2, 0.25) is 0 Å². The molecule has 1 atom stereocenters. The predicted octanol–water partition coefficient (Wildman–Crippen LogP) is 6.63. The number of carbonyl (C=O) groups excluding carboxylic acids is 1. The van der Waals surface area contributed by atoms with Crippen LogP contribution in [0.1, 0.15) is 35.1 Å². The molecule has 0 spiro atoms. The zero-order valence-electron chi connectivity index (χ0n) is 22.0. The number of hydrogen-bond acceptors (Lipinski definition) is 3. The number of hydrogen-bond donors (Lipinski definition) is 0. The van der Waals surface area contributed by atoms with Crippen molar-refractivity contribution < 1.29 is 14.3 Å². The quantitative estimate of drug-likeness (QED) is 0.203. The number of ether oxygens (including phenoxy) is 2. The van der Waals surface area contributed by atoms with Gasteiger partial charge in [0.1, 0.15) is 5.75 Å². The normalized spacial score (nSPS) is 16.2. The summed E-state index contributed by atoms with van der Waals surface area (Å²) in [7, 11) is 1.67. The molecular weight excluding hydrogens is 470 g/mol. The molecule has 0 saturated carbocycles. The van der Waals surface area contributed by atoms with Gasteiger partial charge < -0.3 is 14.4 Å². The van der Waals surface area contributed by atoms with Crippen LogP contribution >= 0.6 is 0 Å². The Kier molecular flexibility index (Phi) is 8.20. The average Bonchev–Trinajstić information content (AvgIpc) is 2.99. The molecule has 5 rings (SSSR count). The molecule has 1 aliphatic heterocycles. The maximum atomic E-state index is 13.7. The summed E-state index contributed by atoms with van der Waals surface area (Å²) in [6, 6.07) is 39.2. The fourth-order valence-electron chi connectivity index (χ4n) is 5.46. The zero-order chi connectivity index (χ0) is 26.2. The van der Waals surface area contributed by atoms with Crippen molar-refractivity contribution in [3.8, 4) is 5.75 Å². The van der Waals surface area contributed by atoms with Crippen LogP contribution in [-0.4, -0.2) is 29.6 Å². The van der Waals surface area contributed by atoms with Crippen LogP contribution in [0.4, 0.5) is 0 Å². The van der Waals surface area contributed by atoms with Crippen LogP contribution in [0.15, 0.2) is 115 Å². The molecule has 1 aliphatic rings. The highest BCUT2D eigenvalue weighted by atomic mass is 16.5. The van der Waals surface area contributed by atoms with E-state index >= 15 is 0 Å². The first kappa shape index (κ1) is 25.7. The van der Waals surface area contributed by atoms with E-state index in [2.05, 4.69) is 53.4 Å². The van der Waals surface area contributed by atoms with E-state index in [0.717, 1.165) is 42.6 Å². The Morgan fingerprint density at radius 2 is 1.16 bits per heavy atom. The van der Waals surface area contributed by atoms with E-state index in [1.807, 2.05) is 66.7 Å². The highest BCUT2D eigenvalue weighted by molar-refractivity contribution is 5.90. The summed E-state index contributed by atoms with van der Waals surface area (Å²) >= 11 is 0. The molecule has 4 aromatic rings. The van der Waals surface area contributed by atoms with Gasteiger partial charge in [-0.3, -0.25) is 4.79 Å². The largest absolute Gasteiger partial charge is 0.497 e. The zero-order valence-corrected chi connectivity index (χ0v) is 22.0. The lowest BCUT2D eigenvalue weighted by Crippen LogP contribution is -2.74. The second-order valence-electron chi connectivity index (χ2n) is 10.0. The third-order valence-electron chi connectivity index (χ3n) is 7.65. The van der Waals surface area contributed by atoms with Crippen LogP contribution in [0.5, 0.6) is 5.75 Å². The van der Waals surface area contributed by atoms with Crippen molar-refractivity contribution >= 4 is 5.91 Å². The van der Waals surface area contributed by atoms with E-state index in [0.29, 0.717) is 13.2 Å². The smallest absolute Gasteiger partial charge is 0.255 e. The monoisotopic (exact) mass is 505 g/mol. The molecule has 4 heteroatoms. The van der Waals surface area contributed by atoms with Crippen molar-refractivity contribution in [3.05, 3.63) is 138 Å². The maximum Gasteiger partial charge on any atom is 0.255 e. The van der Waals surface area contributed by atoms with Crippen LogP contribution in [0.25, 0.3) is 0 Å². The Morgan fingerprint density at radius 1 is 0.658 bits per heavy atom. The van der Waals surface area contributed by atoms with Gasteiger partial charge in [0.15, 0.2) is 6.10 Å². The molecule has 0 aliphatic carbocycles. The molecular formula is C34H35NO3. The molecule has 4 aromatic carbocycles. The number of carbonyl (C=O) groups is 1. The molecule has 1 saturated heterocycles. The summed E-state index contributed by atoms with van der Waals surface area (Å²) in [4.78, 5) is 15.8. The summed E-state index contributed by atoms with van der Waals surface area (Å²) < 4.78 is 11.8. The molecule has 0 N–H and O–H groups in total. The first-order valence-electron chi connectivity index (χ1n) is 13.4. The number of rotatable bonds is 12. The van der Waals surface area contributed by atoms with Gasteiger partial charge in [-0.15, -0.1) is 0 Å². The van der Waals surface area contributed by atoms with Crippen LogP contribution in [-0.2, 0) is 35.5 Å². The molecule has 4 nitrogen and oxygen atoms in total. The average molecular weight is 506 g/mol. The van der Waals surface area contributed by atoms with Gasteiger partial charge in [0.05, 0.1) is 19.3 Å². The fraction of sp³-hybridized carbons (Fsp3) is 0.265. The van der Waals surface area contributed by atoms with Crippen molar-refractivity contribution in [1.82, 2.24) is 4.90 Å². The van der Waals surface area contributed by atoms with Gasteiger partial charge in [-0.25, -0.2) is 0 Å². The molecule has 0 unspecified atom stereocenters. The minimum Gasteiger partial charge on any atom is -0.497 e. The van der Waals surface area contributed by atoms with Gasteiger partial charge in [0, 0.05) is 6.54 Å². The van der Waals surface area contributed by atoms with Crippen molar-refractivity contribution in [2.75, 3.05) is 7.11 Å². The van der Waals surface area contributed by atoms with Crippen LogP contribution < -0.4 is 4.74 Å². The topological polar surface area (TPSA) is 38.8 Å². The van der Waals surface area contributed by atoms with E-state index < -0.39 is 11.6 Å². The molecule has 0 radical (unpaired) electrons. The number of amides is 1. The summed E-state index contributed by atoms with van der Waals surface area (Å²) in [6.07, 6.45) is 2.96. The minimum atomic E-state index is -0.478. The molecule has 1 heterocycles. The van der Waals surface area contributed by atoms with E-state index in [1.165, 1.54) is 11.1 Å². The Labute approximate surface area is 225 Å². The SMILES string of the molecule is COc1ccc(CN2C(=O)[C@H](OCc3ccccc3)C2(CCc2ccccc2)CCc2ccccc2)cc1. The van der Waals surface area contributed by atoms with E-state index in [9.17, 15) is 4.79 Å². The highest BCUT2D eigenvalue weighted by Gasteiger charge is 2.59. The third kappa shape index (κ3) is 5.81. The van der Waals surface area contributed by atoms with Gasteiger partial charge in [-0.05, 0) is 60.1 Å². The number of benzene rings is 4. The lowest BCUT2D eigenvalue weighted by molar-refractivity contribution is -0.202. The summed E-state index contributed by atoms with van der Waals surface area (Å²) in [5.74, 6) is 0.880. The van der Waals surface area contributed by atoms with Gasteiger partial charge in [-0.1, -0.05) is 103 Å². The molecule has 0 bridgehead atoms. The standard InChI is InChI=1S/C34H35NO3/c1-37-31-19-17-29(18-20-31)25-35-33(36)32(38-26-30-15-9-4-10-16-30)34(35,23-21-27-11-5-2-6-12-27)24-22-28-13-7-3-8-14-28/h2-20,32H,21-26H2,1H3/t32-/m0/s1. The second kappa shape index (κ2) is 12.1. The van der Waals surface area contributed by atoms with E-state index in [-0.39, 0.29) is 5.91 Å². The van der Waals surface area contributed by atoms with Gasteiger partial charge >= 0.3 is 0 Å². The minimum absolute atomic E-state index is 0.0675. The Balaban J connectivity index is 1.44. The van der Waals surface area contributed by atoms with Gasteiger partial charge in [-0.2, -0.15) is 0 Å². The molecule has 38 heavy (non-hydrogen) atoms. The molecule has 194 valence electrons. The summed E-state index contributed by atoms with van der Waals surface area (Å²) in [6.45, 7) is 0.976. The molecule has 1 amide bonds. The number of likely N-dealkylation sites (tertiary alicyclic amines) is 1. The lowest BCUT2D eigenvalue weighted by Gasteiger charge is -2.58. The Hall–Kier alpha value is -3.89. The highest BCUT2D eigenvalue weighted by Crippen LogP contribution is 2.44. The van der Waals surface area contributed by atoms with Crippen molar-refractivity contribution in [1.29, 1.82) is 0 Å². The van der Waals surface area contributed by atoms with Crippen molar-refractivity contribution in [2.45, 2.75) is 50.5 Å². The number of aryl methyl sites for hydroxylation is 2. The van der Waals surface area contributed by atoms with E-state index in [1.54, 1.807) is 7.11 Å². The summed E-state index contributed by atoms with van der Waals surface area (Å²) in [5.41, 5.74) is 4.31. The number of methoxy groups -OCH3 is 1. The van der Waals surface area contributed by atoms with Gasteiger partial charge in [0.25, 0.3) is 5.91 Å². The fourth-order valence-corrected chi connectivity index (χ4v) is 5.46. The Morgan fingerprint density at radius 3 is 1.66 bits per heavy atom. The number of β-lactam (4-membered cyclic amide) rings is 1. The van der Waals surface area contributed by atoms with Gasteiger partial charge in [0.2, 0.25) is 0 Å².